The molecule has 6 heteroatoms. The van der Waals surface area contributed by atoms with Crippen LogP contribution < -0.4 is 5.32 Å². The number of carbonyl (C=O) groups is 1. The molecule has 0 spiro atoms. The summed E-state index contributed by atoms with van der Waals surface area (Å²) < 4.78 is 0. The van der Waals surface area contributed by atoms with Gasteiger partial charge in [-0.2, -0.15) is 0 Å². The van der Waals surface area contributed by atoms with E-state index in [1.165, 1.54) is 0 Å². The van der Waals surface area contributed by atoms with Crippen molar-refractivity contribution in [3.05, 3.63) is 24.5 Å². The third-order valence-corrected chi connectivity index (χ3v) is 3.66. The predicted octanol–water partition coefficient (Wildman–Crippen LogP) is 0.407. The summed E-state index contributed by atoms with van der Waals surface area (Å²) in [5.41, 5.74) is 0.725. The third kappa shape index (κ3) is 5.08. The van der Waals surface area contributed by atoms with Crippen molar-refractivity contribution in [1.82, 2.24) is 14.8 Å². The summed E-state index contributed by atoms with van der Waals surface area (Å²) in [4.78, 5) is 20.4. The van der Waals surface area contributed by atoms with Gasteiger partial charge in [-0.1, -0.05) is 0 Å². The molecule has 2 N–H and O–H groups in total. The number of aliphatic hydroxyl groups is 1. The van der Waals surface area contributed by atoms with Crippen LogP contribution in [0.3, 0.4) is 0 Å². The Kier molecular flexibility index (Phi) is 5.67. The number of rotatable bonds is 5. The molecule has 1 fully saturated rings. The number of piperazine rings is 1. The zero-order chi connectivity index (χ0) is 15.2. The van der Waals surface area contributed by atoms with Gasteiger partial charge in [0, 0.05) is 38.4 Å². The van der Waals surface area contributed by atoms with Gasteiger partial charge in [0.1, 0.15) is 0 Å². The Morgan fingerprint density at radius 1 is 1.57 bits per heavy atom. The van der Waals surface area contributed by atoms with Gasteiger partial charge in [-0.25, -0.2) is 0 Å². The third-order valence-electron chi connectivity index (χ3n) is 3.66. The number of pyridine rings is 1. The molecule has 2 heterocycles. The van der Waals surface area contributed by atoms with Crippen LogP contribution in [0.1, 0.15) is 13.8 Å². The highest BCUT2D eigenvalue weighted by Crippen LogP contribution is 2.10. The van der Waals surface area contributed by atoms with Gasteiger partial charge < -0.3 is 10.4 Å². The minimum atomic E-state index is -0.312. The van der Waals surface area contributed by atoms with E-state index in [0.717, 1.165) is 25.3 Å². The first-order valence-corrected chi connectivity index (χ1v) is 7.39. The standard InChI is InChI=1S/C15H24N4O2/c1-12-9-18(6-7-19(12)10-13(2)20)11-15(21)17-14-4-3-5-16-8-14/h3-5,8,12-13,20H,6-7,9-11H2,1-2H3,(H,17,21)/t12-,13-/m0/s1. The molecule has 1 aliphatic heterocycles. The number of anilines is 1. The number of aliphatic hydroxyl groups excluding tert-OH is 1. The molecule has 1 aromatic rings. The molecule has 116 valence electrons. The molecular formula is C15H24N4O2. The molecule has 6 nitrogen and oxygen atoms in total. The van der Waals surface area contributed by atoms with Gasteiger partial charge in [0.15, 0.2) is 0 Å². The van der Waals surface area contributed by atoms with E-state index in [1.54, 1.807) is 25.4 Å². The van der Waals surface area contributed by atoms with Crippen molar-refractivity contribution in [2.24, 2.45) is 0 Å². The highest BCUT2D eigenvalue weighted by Gasteiger charge is 2.25. The molecule has 0 saturated carbocycles. The number of amides is 1. The normalized spacial score (nSPS) is 22.0. The molecule has 1 saturated heterocycles. The molecule has 0 bridgehead atoms. The number of carbonyl (C=O) groups excluding carboxylic acids is 1. The fourth-order valence-corrected chi connectivity index (χ4v) is 2.67. The maximum absolute atomic E-state index is 12.0. The lowest BCUT2D eigenvalue weighted by Gasteiger charge is -2.40. The van der Waals surface area contributed by atoms with Crippen LogP contribution >= 0.6 is 0 Å². The van der Waals surface area contributed by atoms with E-state index in [1.807, 2.05) is 6.07 Å². The number of hydrogen-bond acceptors (Lipinski definition) is 5. The van der Waals surface area contributed by atoms with E-state index in [4.69, 9.17) is 0 Å². The molecule has 0 aliphatic carbocycles. The summed E-state index contributed by atoms with van der Waals surface area (Å²) in [5.74, 6) is -0.0147. The first-order valence-electron chi connectivity index (χ1n) is 7.39. The number of nitrogens with zero attached hydrogens (tertiary/aromatic N) is 3. The minimum absolute atomic E-state index is 0.0147. The minimum Gasteiger partial charge on any atom is -0.392 e. The fourth-order valence-electron chi connectivity index (χ4n) is 2.67. The molecule has 21 heavy (non-hydrogen) atoms. The highest BCUT2D eigenvalue weighted by atomic mass is 16.3. The second kappa shape index (κ2) is 7.49. The first-order chi connectivity index (χ1) is 10.0. The molecule has 2 atom stereocenters. The zero-order valence-electron chi connectivity index (χ0n) is 12.7. The molecular weight excluding hydrogens is 268 g/mol. The van der Waals surface area contributed by atoms with E-state index < -0.39 is 0 Å². The van der Waals surface area contributed by atoms with E-state index in [2.05, 4.69) is 27.0 Å². The lowest BCUT2D eigenvalue weighted by atomic mass is 10.1. The van der Waals surface area contributed by atoms with Gasteiger partial charge in [0.25, 0.3) is 0 Å². The molecule has 1 aliphatic rings. The maximum atomic E-state index is 12.0. The Morgan fingerprint density at radius 3 is 3.00 bits per heavy atom. The highest BCUT2D eigenvalue weighted by molar-refractivity contribution is 5.92. The Hall–Kier alpha value is -1.50. The topological polar surface area (TPSA) is 68.7 Å². The number of aromatic nitrogens is 1. The average molecular weight is 292 g/mol. The smallest absolute Gasteiger partial charge is 0.238 e. The maximum Gasteiger partial charge on any atom is 0.238 e. The van der Waals surface area contributed by atoms with Crippen LogP contribution in [0.4, 0.5) is 5.69 Å². The van der Waals surface area contributed by atoms with Crippen molar-refractivity contribution in [2.75, 3.05) is 38.0 Å². The Balaban J connectivity index is 1.78. The van der Waals surface area contributed by atoms with E-state index in [-0.39, 0.29) is 12.0 Å². The molecule has 1 aromatic heterocycles. The van der Waals surface area contributed by atoms with Gasteiger partial charge >= 0.3 is 0 Å². The molecule has 2 rings (SSSR count). The van der Waals surface area contributed by atoms with Crippen LogP contribution in [0.5, 0.6) is 0 Å². The SMILES string of the molecule is C[C@H](O)CN1CCN(CC(=O)Nc2cccnc2)C[C@@H]1C. The zero-order valence-corrected chi connectivity index (χ0v) is 12.7. The fraction of sp³-hybridized carbons (Fsp3) is 0.600. The van der Waals surface area contributed by atoms with Gasteiger partial charge in [0.05, 0.1) is 24.5 Å². The van der Waals surface area contributed by atoms with Crippen LogP contribution in [-0.2, 0) is 4.79 Å². The van der Waals surface area contributed by atoms with Crippen molar-refractivity contribution in [1.29, 1.82) is 0 Å². The second-order valence-corrected chi connectivity index (χ2v) is 5.72. The Labute approximate surface area is 125 Å². The van der Waals surface area contributed by atoms with Gasteiger partial charge in [-0.3, -0.25) is 19.6 Å². The van der Waals surface area contributed by atoms with Gasteiger partial charge in [0.2, 0.25) is 5.91 Å². The van der Waals surface area contributed by atoms with E-state index in [0.29, 0.717) is 19.1 Å². The largest absolute Gasteiger partial charge is 0.392 e. The van der Waals surface area contributed by atoms with Crippen LogP contribution in [0.2, 0.25) is 0 Å². The molecule has 1 amide bonds. The van der Waals surface area contributed by atoms with Crippen LogP contribution in [0.15, 0.2) is 24.5 Å². The summed E-state index contributed by atoms with van der Waals surface area (Å²) in [6.45, 7) is 7.59. The summed E-state index contributed by atoms with van der Waals surface area (Å²) in [6.07, 6.45) is 3.01. The van der Waals surface area contributed by atoms with Crippen molar-refractivity contribution in [3.63, 3.8) is 0 Å². The Morgan fingerprint density at radius 2 is 2.38 bits per heavy atom. The number of nitrogens with one attached hydrogen (secondary N) is 1. The summed E-state index contributed by atoms with van der Waals surface area (Å²) in [5, 5.41) is 12.3. The monoisotopic (exact) mass is 292 g/mol. The van der Waals surface area contributed by atoms with Gasteiger partial charge in [-0.05, 0) is 26.0 Å². The lowest BCUT2D eigenvalue weighted by Crippen LogP contribution is -2.54. The van der Waals surface area contributed by atoms with E-state index >= 15 is 0 Å². The average Bonchev–Trinajstić information content (AvgIpc) is 2.42. The van der Waals surface area contributed by atoms with Crippen LogP contribution in [0, 0.1) is 0 Å². The Bertz CT molecular complexity index is 452. The first kappa shape index (κ1) is 15.9. The van der Waals surface area contributed by atoms with Gasteiger partial charge in [-0.15, -0.1) is 0 Å². The number of β-amino-alcohol motifs (C(OH)–C–C–N with tert-alkyl or cyclic N) is 1. The van der Waals surface area contributed by atoms with Crippen molar-refractivity contribution >= 4 is 11.6 Å². The van der Waals surface area contributed by atoms with Crippen LogP contribution in [0.25, 0.3) is 0 Å². The van der Waals surface area contributed by atoms with Crippen molar-refractivity contribution in [3.8, 4) is 0 Å². The second-order valence-electron chi connectivity index (χ2n) is 5.72. The lowest BCUT2D eigenvalue weighted by molar-refractivity contribution is -0.118. The molecule has 0 aromatic carbocycles. The van der Waals surface area contributed by atoms with Crippen LogP contribution in [-0.4, -0.2) is 70.7 Å². The number of hydrogen-bond donors (Lipinski definition) is 2. The summed E-state index contributed by atoms with van der Waals surface area (Å²) >= 11 is 0. The molecule has 0 radical (unpaired) electrons. The van der Waals surface area contributed by atoms with Crippen molar-refractivity contribution in [2.45, 2.75) is 26.0 Å². The quantitative estimate of drug-likeness (QED) is 0.822. The summed E-state index contributed by atoms with van der Waals surface area (Å²) in [7, 11) is 0. The van der Waals surface area contributed by atoms with Crippen molar-refractivity contribution < 1.29 is 9.90 Å². The molecule has 0 unspecified atom stereocenters. The summed E-state index contributed by atoms with van der Waals surface area (Å²) in [6, 6.07) is 3.97. The van der Waals surface area contributed by atoms with E-state index in [9.17, 15) is 9.90 Å². The predicted molar refractivity (Wildman–Crippen MR) is 82.0 cm³/mol.